The molecule has 0 aromatic carbocycles. The summed E-state index contributed by atoms with van der Waals surface area (Å²) in [5.41, 5.74) is -5.04. The largest absolute Gasteiger partial charge is 0.459 e. The van der Waals surface area contributed by atoms with Crippen LogP contribution in [0.4, 0.5) is 0 Å². The highest BCUT2D eigenvalue weighted by Crippen LogP contribution is 2.77. The Kier molecular flexibility index (Phi) is 17.7. The molecule has 0 unspecified atom stereocenters. The summed E-state index contributed by atoms with van der Waals surface area (Å²) in [6, 6.07) is 0. The molecule has 1 spiro atoms. The zero-order chi connectivity index (χ0) is 59.3. The van der Waals surface area contributed by atoms with Crippen LogP contribution < -0.4 is 0 Å². The van der Waals surface area contributed by atoms with Gasteiger partial charge in [0.1, 0.15) is 90.9 Å². The third-order valence-corrected chi connectivity index (χ3v) is 20.2. The van der Waals surface area contributed by atoms with E-state index in [-0.39, 0.29) is 24.7 Å². The normalized spacial score (nSPS) is 49.6. The van der Waals surface area contributed by atoms with Crippen molar-refractivity contribution in [2.24, 2.45) is 33.5 Å². The molecule has 3 saturated carbocycles. The van der Waals surface area contributed by atoms with Crippen LogP contribution in [0.1, 0.15) is 93.9 Å². The number of fused-ring (bicyclic) bond motifs is 4. The summed E-state index contributed by atoms with van der Waals surface area (Å²) in [6.07, 6.45) is -19.8. The molecule has 10 N–H and O–H groups in total. The van der Waals surface area contributed by atoms with E-state index in [1.54, 1.807) is 19.1 Å². The lowest BCUT2D eigenvalue weighted by molar-refractivity contribution is -0.373. The van der Waals surface area contributed by atoms with Crippen LogP contribution in [0.25, 0.3) is 0 Å². The van der Waals surface area contributed by atoms with Crippen LogP contribution in [0.5, 0.6) is 0 Å². The van der Waals surface area contributed by atoms with Crippen molar-refractivity contribution in [3.8, 4) is 0 Å². The van der Waals surface area contributed by atoms with E-state index in [1.165, 1.54) is 14.0 Å². The number of esters is 2. The smallest absolute Gasteiger partial charge is 0.397 e. The number of cyclic esters (lactones) is 1. The van der Waals surface area contributed by atoms with Crippen molar-refractivity contribution in [2.45, 2.75) is 222 Å². The van der Waals surface area contributed by atoms with Gasteiger partial charge >= 0.3 is 22.3 Å². The minimum atomic E-state index is -5.17. The Morgan fingerprint density at radius 3 is 2.05 bits per heavy atom. The molecule has 0 radical (unpaired) electrons. The molecule has 5 aliphatic heterocycles. The summed E-state index contributed by atoms with van der Waals surface area (Å²) >= 11 is 0. The lowest BCUT2D eigenvalue weighted by atomic mass is 9.40. The summed E-state index contributed by atoms with van der Waals surface area (Å²) in [7, 11) is -3.97. The van der Waals surface area contributed by atoms with E-state index in [4.69, 9.17) is 56.3 Å². The zero-order valence-corrected chi connectivity index (χ0v) is 47.7. The monoisotopic (exact) mass is 1180 g/mol. The standard InChI is InChI=1S/C54H82O26S/c1-24(2)11-10-16-52(8)54(65)34(73-25(3)56)19-51(7)27-12-13-32-49(4,5)33(15-17-50(32,6)26(27)14-18-53(51,54)48(64)79-52)76-47-43(37(60)31(23-72-47)80-81(66,67)68)78-44-38(61)35(58)30(22-71-44)75-45-39(62)41(28(57)21-70-45)77-46-40(63)42(69-9)36(59)29(20-55)74-46/h10-12,16,26,28-47,55,57-63,65H,13-15,17-23H2,1-9H3,(H,66,67,68)/b16-10+/t26-,28+,29+,30+,31+,32-,33-,34-,35-,36+,37-,38+,39+,40+,41-,42-,43+,44-,45-,46-,47-,50+,51-,52-,53+,54-/m0/s1. The molecule has 81 heavy (non-hydrogen) atoms. The number of carbonyl (C=O) groups excluding carboxylic acids is 2. The number of methoxy groups -OCH3 is 1. The molecule has 0 aromatic rings. The number of hydrogen-bond acceptors (Lipinski definition) is 25. The van der Waals surface area contributed by atoms with Crippen LogP contribution in [-0.4, -0.2) is 232 Å². The molecular formula is C54H82O26S. The topological polar surface area (TPSA) is 381 Å². The number of ether oxygens (including phenoxy) is 11. The fraction of sp³-hybridized carbons (Fsp3) is 0.852. The van der Waals surface area contributed by atoms with Crippen LogP contribution in [0, 0.1) is 33.5 Å². The zero-order valence-electron chi connectivity index (χ0n) is 46.9. The predicted octanol–water partition coefficient (Wildman–Crippen LogP) is -0.878. The van der Waals surface area contributed by atoms with Crippen LogP contribution >= 0.6 is 0 Å². The van der Waals surface area contributed by atoms with Gasteiger partial charge in [0.2, 0.25) is 0 Å². The molecule has 0 aromatic heterocycles. The molecule has 9 aliphatic rings. The minimum Gasteiger partial charge on any atom is -0.459 e. The molecule has 26 nitrogen and oxygen atoms in total. The summed E-state index contributed by atoms with van der Waals surface area (Å²) < 4.78 is 103. The molecule has 0 amide bonds. The van der Waals surface area contributed by atoms with E-state index in [0.717, 1.165) is 11.1 Å². The SMILES string of the molecule is CO[C@@H]1[C@@H](O)[C@H](O[C@@H]2[C@@H](O)[C@H](O[C@@H]3CO[C@@H](O[C@H]4[C@H](O[C@H]5CC[C@]6(C)[C@H]7CC[C@]89C(=O)O[C@@](C)(/C=C/C=C(C)C)[C@@]8(O)[C@@H](OC(C)=O)C[C@@]9(C)C7=CC[C@H]6C5(C)C)OC[C@@H](OS(=O)(=O)O)[C@@H]4O)[C@H](O)[C@H]3O)OC[C@H]2O)O[C@H](CO)[C@H]1O. The van der Waals surface area contributed by atoms with Crippen LogP contribution in [0.15, 0.2) is 35.5 Å². The van der Waals surface area contributed by atoms with Crippen molar-refractivity contribution >= 4 is 22.3 Å². The minimum absolute atomic E-state index is 0.0915. The van der Waals surface area contributed by atoms with Gasteiger partial charge in [-0.2, -0.15) is 8.42 Å². The van der Waals surface area contributed by atoms with Crippen LogP contribution in [0.2, 0.25) is 0 Å². The highest BCUT2D eigenvalue weighted by molar-refractivity contribution is 7.80. The molecule has 26 atom stereocenters. The number of hydrogen-bond donors (Lipinski definition) is 10. The van der Waals surface area contributed by atoms with Crippen molar-refractivity contribution in [1.82, 2.24) is 0 Å². The molecule has 460 valence electrons. The van der Waals surface area contributed by atoms with E-state index >= 15 is 0 Å². The first-order valence-corrected chi connectivity index (χ1v) is 29.0. The Balaban J connectivity index is 0.908. The van der Waals surface area contributed by atoms with Gasteiger partial charge in [-0.15, -0.1) is 0 Å². The summed E-state index contributed by atoms with van der Waals surface area (Å²) in [5, 5.41) is 101. The van der Waals surface area contributed by atoms with Gasteiger partial charge in [0.25, 0.3) is 0 Å². The average Bonchev–Trinajstić information content (AvgIpc) is 1.75. The highest BCUT2D eigenvalue weighted by Gasteiger charge is 2.87. The van der Waals surface area contributed by atoms with E-state index in [1.807, 2.05) is 40.7 Å². The van der Waals surface area contributed by atoms with Gasteiger partial charge in [0.05, 0.1) is 32.5 Å². The Bertz CT molecular complexity index is 2520. The van der Waals surface area contributed by atoms with Crippen molar-refractivity contribution in [1.29, 1.82) is 0 Å². The van der Waals surface area contributed by atoms with Gasteiger partial charge in [-0.05, 0) is 88.0 Å². The van der Waals surface area contributed by atoms with Gasteiger partial charge < -0.3 is 98.1 Å². The molecule has 4 aliphatic carbocycles. The van der Waals surface area contributed by atoms with Gasteiger partial charge in [-0.1, -0.05) is 57.1 Å². The fourth-order valence-corrected chi connectivity index (χ4v) is 16.1. The molecular weight excluding hydrogens is 1100 g/mol. The average molecular weight is 1180 g/mol. The van der Waals surface area contributed by atoms with Crippen LogP contribution in [-0.2, 0) is 76.3 Å². The first kappa shape index (κ1) is 62.8. The molecule has 0 bridgehead atoms. The van der Waals surface area contributed by atoms with Gasteiger partial charge in [-0.3, -0.25) is 14.1 Å². The highest BCUT2D eigenvalue weighted by atomic mass is 32.3. The first-order chi connectivity index (χ1) is 37.8. The van der Waals surface area contributed by atoms with Gasteiger partial charge in [0, 0.05) is 19.4 Å². The summed E-state index contributed by atoms with van der Waals surface area (Å²) in [4.78, 5) is 27.4. The van der Waals surface area contributed by atoms with E-state index < -0.39 is 198 Å². The molecule has 9 rings (SSSR count). The Labute approximate surface area is 470 Å². The number of carbonyl (C=O) groups is 2. The van der Waals surface area contributed by atoms with E-state index in [2.05, 4.69) is 13.0 Å². The maximum absolute atomic E-state index is 14.7. The summed E-state index contributed by atoms with van der Waals surface area (Å²) in [5.74, 6) is -1.33. The number of allylic oxidation sites excluding steroid dienone is 5. The second-order valence-corrected chi connectivity index (χ2v) is 26.0. The van der Waals surface area contributed by atoms with Gasteiger partial charge in [-0.25, -0.2) is 4.18 Å². The fourth-order valence-electron chi connectivity index (χ4n) is 15.6. The number of aliphatic hydroxyl groups excluding tert-OH is 8. The molecule has 5 saturated heterocycles. The Morgan fingerprint density at radius 1 is 0.753 bits per heavy atom. The molecule has 8 fully saturated rings. The second-order valence-electron chi connectivity index (χ2n) is 24.9. The lowest BCUT2D eigenvalue weighted by Gasteiger charge is -2.64. The van der Waals surface area contributed by atoms with Crippen molar-refractivity contribution in [3.63, 3.8) is 0 Å². The lowest BCUT2D eigenvalue weighted by Crippen LogP contribution is -2.66. The Morgan fingerprint density at radius 2 is 1.40 bits per heavy atom. The van der Waals surface area contributed by atoms with Gasteiger partial charge in [0.15, 0.2) is 36.4 Å². The molecule has 5 heterocycles. The Hall–Kier alpha value is -2.69. The van der Waals surface area contributed by atoms with Crippen molar-refractivity contribution in [3.05, 3.63) is 35.5 Å². The second kappa shape index (κ2) is 22.9. The van der Waals surface area contributed by atoms with Crippen molar-refractivity contribution in [2.75, 3.05) is 33.5 Å². The van der Waals surface area contributed by atoms with E-state index in [9.17, 15) is 68.5 Å². The predicted molar refractivity (Wildman–Crippen MR) is 272 cm³/mol. The summed E-state index contributed by atoms with van der Waals surface area (Å²) in [6.45, 7) is 12.7. The third kappa shape index (κ3) is 10.5. The molecule has 27 heteroatoms. The number of aliphatic hydroxyl groups is 9. The third-order valence-electron chi connectivity index (χ3n) is 19.7. The first-order valence-electron chi connectivity index (χ1n) is 27.7. The maximum atomic E-state index is 14.7. The quantitative estimate of drug-likeness (QED) is 0.0412. The van der Waals surface area contributed by atoms with Crippen LogP contribution in [0.3, 0.4) is 0 Å². The number of rotatable bonds is 15. The van der Waals surface area contributed by atoms with E-state index in [0.29, 0.717) is 25.7 Å². The maximum Gasteiger partial charge on any atom is 0.397 e. The van der Waals surface area contributed by atoms with Crippen molar-refractivity contribution < 1.29 is 125 Å².